The molecule has 0 saturated heterocycles. The topological polar surface area (TPSA) is 243 Å². The van der Waals surface area contributed by atoms with E-state index < -0.39 is 85.8 Å². The highest BCUT2D eigenvalue weighted by atomic mass is 19.2. The minimum atomic E-state index is -1.83. The summed E-state index contributed by atoms with van der Waals surface area (Å²) in [5, 5.41) is 81.5. The maximum atomic E-state index is 14.3. The minimum absolute atomic E-state index is 0.0108. The zero-order valence-corrected chi connectivity index (χ0v) is 42.0. The van der Waals surface area contributed by atoms with Gasteiger partial charge in [-0.25, -0.2) is 25.2 Å². The molecule has 4 aromatic rings. The van der Waals surface area contributed by atoms with Crippen LogP contribution in [-0.2, 0) is 0 Å². The molecule has 4 aromatic carbocycles. The van der Waals surface area contributed by atoms with Crippen molar-refractivity contribution in [1.29, 1.82) is 0 Å². The van der Waals surface area contributed by atoms with Gasteiger partial charge in [0.1, 0.15) is 31.9 Å². The predicted molar refractivity (Wildman–Crippen MR) is 254 cm³/mol. The molecule has 0 atom stereocenters. The third-order valence-corrected chi connectivity index (χ3v) is 12.3. The molecule has 0 radical (unpaired) electrons. The molecule has 0 aromatic heterocycles. The van der Waals surface area contributed by atoms with Gasteiger partial charge >= 0.3 is 0 Å². The zero-order chi connectivity index (χ0) is 53.8. The Balaban J connectivity index is 0.000000264. The molecule has 0 saturated carbocycles. The van der Waals surface area contributed by atoms with Crippen molar-refractivity contribution in [3.05, 3.63) is 92.3 Å². The standard InChI is InChI=1S/C24H30F2N4O6.C24H31FN4O6/c1-27(9-11-29(3,4)35)13-7-8-14(28(2)10-12-30(5,6)36)16-15(13)21(31)17-18(22(16)32)24(34)20(26)19(25)23(17)33;1-26(9-11-28(3,4)34)15-7-8-16(27(2)10-12-29(5,6)35)19-18(15)23(32)20-17(30)13-14(25)22(31)21(20)24(19)33/h7-8,35-36H,9-12H2,1-6H3;7-8,13,34-35H,9-12H2,1-6H3/p+4. The number of hydroxylamine groups is 12. The van der Waals surface area contributed by atoms with E-state index in [1.165, 1.54) is 0 Å². The maximum absolute atomic E-state index is 14.3. The van der Waals surface area contributed by atoms with Gasteiger partial charge in [0.25, 0.3) is 0 Å². The van der Waals surface area contributed by atoms with E-state index in [1.807, 2.05) is 0 Å². The quantitative estimate of drug-likeness (QED) is 0.0391. The van der Waals surface area contributed by atoms with Crippen molar-refractivity contribution in [2.24, 2.45) is 0 Å². The van der Waals surface area contributed by atoms with Gasteiger partial charge < -0.3 is 40.0 Å². The van der Waals surface area contributed by atoms with Crippen molar-refractivity contribution in [2.45, 2.75) is 0 Å². The number of nitrogens with zero attached hydrogens (tertiary/aromatic N) is 8. The first-order valence-electron chi connectivity index (χ1n) is 22.3. The molecule has 2 aliphatic rings. The number of carbonyl (C=O) groups excluding carboxylic acids is 4. The summed E-state index contributed by atoms with van der Waals surface area (Å²) in [6.07, 6.45) is 0. The third-order valence-electron chi connectivity index (χ3n) is 12.3. The predicted octanol–water partition coefficient (Wildman–Crippen LogP) is 3.77. The van der Waals surface area contributed by atoms with Crippen LogP contribution in [0.2, 0.25) is 0 Å². The van der Waals surface area contributed by atoms with E-state index in [4.69, 9.17) is 0 Å². The zero-order valence-electron chi connectivity index (χ0n) is 42.0. The number of anilines is 4. The van der Waals surface area contributed by atoms with Crippen molar-refractivity contribution in [3.63, 3.8) is 0 Å². The Morgan fingerprint density at radius 3 is 0.859 bits per heavy atom. The first-order valence-corrected chi connectivity index (χ1v) is 22.3. The Bertz CT molecular complexity index is 2710. The number of phenolic OH excluding ortho intramolecular Hbond substituents is 4. The average Bonchev–Trinajstić information content (AvgIpc) is 3.26. The monoisotopic (exact) mass is 1000 g/mol. The lowest BCUT2D eigenvalue weighted by Gasteiger charge is -2.32. The van der Waals surface area contributed by atoms with Crippen LogP contribution in [0.25, 0.3) is 0 Å². The molecule has 0 unspecified atom stereocenters. The van der Waals surface area contributed by atoms with Crippen molar-refractivity contribution in [1.82, 2.24) is 0 Å². The van der Waals surface area contributed by atoms with Gasteiger partial charge in [-0.2, -0.15) is 27.4 Å². The Hall–Kier alpha value is -6.57. The fourth-order valence-corrected chi connectivity index (χ4v) is 8.10. The molecule has 0 aliphatic heterocycles. The molecule has 386 valence electrons. The van der Waals surface area contributed by atoms with Gasteiger partial charge in [0, 0.05) is 57.0 Å². The molecule has 71 heavy (non-hydrogen) atoms. The molecule has 20 nitrogen and oxygen atoms in total. The number of rotatable bonds is 16. The van der Waals surface area contributed by atoms with E-state index in [0.29, 0.717) is 43.6 Å². The molecular weight excluding hydrogens is 938 g/mol. The number of phenols is 4. The molecule has 23 heteroatoms. The fourth-order valence-electron chi connectivity index (χ4n) is 8.10. The van der Waals surface area contributed by atoms with Crippen molar-refractivity contribution in [2.75, 3.05) is 157 Å². The summed E-state index contributed by atoms with van der Waals surface area (Å²) < 4.78 is 41.4. The first-order chi connectivity index (χ1) is 32.5. The second-order valence-corrected chi connectivity index (χ2v) is 20.1. The van der Waals surface area contributed by atoms with Gasteiger partial charge in [0.15, 0.2) is 23.1 Å². The van der Waals surface area contributed by atoms with E-state index in [2.05, 4.69) is 0 Å². The van der Waals surface area contributed by atoms with Crippen LogP contribution >= 0.6 is 0 Å². The van der Waals surface area contributed by atoms with Crippen LogP contribution in [0.15, 0.2) is 30.3 Å². The summed E-state index contributed by atoms with van der Waals surface area (Å²) in [7, 11) is 19.3. The Morgan fingerprint density at radius 2 is 0.620 bits per heavy atom. The van der Waals surface area contributed by atoms with E-state index in [9.17, 15) is 73.6 Å². The highest BCUT2D eigenvalue weighted by Gasteiger charge is 2.43. The number of benzene rings is 4. The minimum Gasteiger partial charge on any atom is -0.507 e. The second kappa shape index (κ2) is 19.9. The largest absolute Gasteiger partial charge is 0.507 e. The lowest BCUT2D eigenvalue weighted by Crippen LogP contribution is -2.43. The molecule has 0 fully saturated rings. The number of ketones is 4. The lowest BCUT2D eigenvalue weighted by atomic mass is 9.80. The van der Waals surface area contributed by atoms with Crippen LogP contribution in [0.1, 0.15) is 63.7 Å². The summed E-state index contributed by atoms with van der Waals surface area (Å²) in [5.74, 6) is -12.8. The van der Waals surface area contributed by atoms with Gasteiger partial charge in [0.2, 0.25) is 34.8 Å². The van der Waals surface area contributed by atoms with Gasteiger partial charge in [-0.15, -0.1) is 0 Å². The molecule has 0 spiro atoms. The molecule has 2 aliphatic carbocycles. The number of carbonyl (C=O) groups is 4. The number of hydrogen-bond donors (Lipinski definition) is 8. The first kappa shape index (κ1) is 55.4. The van der Waals surface area contributed by atoms with Crippen LogP contribution in [0.3, 0.4) is 0 Å². The van der Waals surface area contributed by atoms with Gasteiger partial charge in [-0.05, 0) is 24.3 Å². The van der Waals surface area contributed by atoms with Crippen LogP contribution < -0.4 is 19.6 Å². The summed E-state index contributed by atoms with van der Waals surface area (Å²) in [6, 6.07) is 7.07. The number of fused-ring (bicyclic) bond motifs is 4. The van der Waals surface area contributed by atoms with Crippen molar-refractivity contribution in [3.8, 4) is 23.0 Å². The number of quaternary nitrogens is 4. The molecule has 0 amide bonds. The number of halogens is 3. The number of hydrogen-bond acceptors (Lipinski definition) is 16. The smallest absolute Gasteiger partial charge is 0.205 e. The average molecular weight is 1000 g/mol. The van der Waals surface area contributed by atoms with Gasteiger partial charge in [-0.3, -0.25) is 19.2 Å². The molecule has 0 heterocycles. The number of likely N-dealkylation sites (N-methyl/N-ethyl adjacent to an activating group) is 8. The van der Waals surface area contributed by atoms with E-state index in [0.717, 1.165) is 0 Å². The normalized spacial score (nSPS) is 13.5. The van der Waals surface area contributed by atoms with Crippen molar-refractivity contribution < 1.29 is 92.2 Å². The van der Waals surface area contributed by atoms with E-state index in [-0.39, 0.29) is 78.4 Å². The Labute approximate surface area is 409 Å². The Kier molecular flexibility index (Phi) is 15.5. The Morgan fingerprint density at radius 1 is 0.394 bits per heavy atom. The third kappa shape index (κ3) is 11.6. The van der Waals surface area contributed by atoms with Crippen molar-refractivity contribution >= 4 is 45.9 Å². The van der Waals surface area contributed by atoms with Crippen LogP contribution in [0, 0.1) is 17.5 Å². The summed E-state index contributed by atoms with van der Waals surface area (Å²) >= 11 is 0. The number of aromatic hydroxyl groups is 4. The highest BCUT2D eigenvalue weighted by Crippen LogP contribution is 2.47. The summed E-state index contributed by atoms with van der Waals surface area (Å²) in [4.78, 5) is 61.3. The molecule has 8 N–H and O–H groups in total. The fraction of sp³-hybridized carbons (Fsp3) is 0.417. The second-order valence-electron chi connectivity index (χ2n) is 20.1. The summed E-state index contributed by atoms with van der Waals surface area (Å²) in [5.41, 5.74) is -1.72. The highest BCUT2D eigenvalue weighted by molar-refractivity contribution is 6.34. The van der Waals surface area contributed by atoms with Gasteiger partial charge in [-0.1, -0.05) is 0 Å². The molecule has 6 rings (SSSR count). The van der Waals surface area contributed by atoms with E-state index >= 15 is 0 Å². The molecule has 0 bridgehead atoms. The van der Waals surface area contributed by atoms with E-state index in [1.54, 1.807) is 128 Å². The van der Waals surface area contributed by atoms with Crippen LogP contribution in [0.5, 0.6) is 23.0 Å². The lowest BCUT2D eigenvalue weighted by molar-refractivity contribution is -1.07. The van der Waals surface area contributed by atoms with Gasteiger partial charge in [0.05, 0.1) is 127 Å². The van der Waals surface area contributed by atoms with Crippen LogP contribution in [-0.4, -0.2) is 220 Å². The summed E-state index contributed by atoms with van der Waals surface area (Å²) in [6.45, 7) is 2.27. The maximum Gasteiger partial charge on any atom is 0.205 e. The molecular formula is C48H65F3N8O12+4. The van der Waals surface area contributed by atoms with Crippen LogP contribution in [0.4, 0.5) is 35.9 Å². The SMILES string of the molecule is CN(CC[N+](C)(C)O)c1ccc(N(C)CC[N+](C)(C)O)c2c1C(=O)c1c(O)c(F)c(F)c(O)c1C2=O.CN(CC[N+](C)(C)O)c1ccc(N(C)CC[N+](C)(C)O)c2c1C(=O)c1c(O)cc(F)c(O)c1C2=O.